The summed E-state index contributed by atoms with van der Waals surface area (Å²) in [6, 6.07) is 5.97. The van der Waals surface area contributed by atoms with Gasteiger partial charge in [0.05, 0.1) is 7.11 Å². The Morgan fingerprint density at radius 1 is 1.50 bits per heavy atom. The second-order valence-electron chi connectivity index (χ2n) is 2.49. The van der Waals surface area contributed by atoms with Crippen molar-refractivity contribution in [1.82, 2.24) is 0 Å². The fourth-order valence-electron chi connectivity index (χ4n) is 1.08. The van der Waals surface area contributed by atoms with Gasteiger partial charge in [-0.15, -0.1) is 0 Å². The minimum absolute atomic E-state index is 0.651. The highest BCUT2D eigenvalue weighted by atomic mass is 79.9. The van der Waals surface area contributed by atoms with E-state index in [1.54, 1.807) is 7.11 Å². The third-order valence-corrected chi connectivity index (χ3v) is 2.16. The van der Waals surface area contributed by atoms with E-state index in [4.69, 9.17) is 10.5 Å². The molecule has 0 heterocycles. The Labute approximate surface area is 80.8 Å². The molecule has 66 valence electrons. The van der Waals surface area contributed by atoms with E-state index in [9.17, 15) is 0 Å². The van der Waals surface area contributed by atoms with Gasteiger partial charge < -0.3 is 10.5 Å². The topological polar surface area (TPSA) is 35.2 Å². The highest BCUT2D eigenvalue weighted by Gasteiger charge is 2.01. The van der Waals surface area contributed by atoms with Crippen molar-refractivity contribution in [2.45, 2.75) is 6.42 Å². The van der Waals surface area contributed by atoms with Crippen LogP contribution in [0.15, 0.2) is 22.7 Å². The average Bonchev–Trinajstić information content (AvgIpc) is 2.08. The Morgan fingerprint density at radius 3 is 2.83 bits per heavy atom. The van der Waals surface area contributed by atoms with Gasteiger partial charge >= 0.3 is 0 Å². The number of rotatable bonds is 3. The van der Waals surface area contributed by atoms with Gasteiger partial charge in [0, 0.05) is 4.47 Å². The molecule has 0 amide bonds. The highest BCUT2D eigenvalue weighted by molar-refractivity contribution is 9.10. The summed E-state index contributed by atoms with van der Waals surface area (Å²) in [5, 5.41) is 0. The third-order valence-electron chi connectivity index (χ3n) is 1.66. The number of hydrogen-bond acceptors (Lipinski definition) is 2. The molecule has 0 saturated carbocycles. The van der Waals surface area contributed by atoms with Crippen molar-refractivity contribution in [3.8, 4) is 5.75 Å². The summed E-state index contributed by atoms with van der Waals surface area (Å²) in [4.78, 5) is 0. The van der Waals surface area contributed by atoms with Gasteiger partial charge in [-0.25, -0.2) is 0 Å². The van der Waals surface area contributed by atoms with Crippen LogP contribution in [-0.4, -0.2) is 13.7 Å². The van der Waals surface area contributed by atoms with Gasteiger partial charge in [-0.3, -0.25) is 0 Å². The number of hydrogen-bond donors (Lipinski definition) is 1. The van der Waals surface area contributed by atoms with Crippen LogP contribution in [0.25, 0.3) is 0 Å². The van der Waals surface area contributed by atoms with E-state index in [0.29, 0.717) is 6.54 Å². The molecule has 0 aliphatic carbocycles. The van der Waals surface area contributed by atoms with Crippen molar-refractivity contribution in [2.24, 2.45) is 5.73 Å². The predicted molar refractivity (Wildman–Crippen MR) is 53.5 cm³/mol. The normalized spacial score (nSPS) is 9.92. The number of halogens is 1. The first-order valence-electron chi connectivity index (χ1n) is 3.80. The van der Waals surface area contributed by atoms with Gasteiger partial charge in [0.2, 0.25) is 0 Å². The SMILES string of the molecule is COc1cc(Br)ccc1CCN. The predicted octanol–water partition coefficient (Wildman–Crippen LogP) is 1.96. The Hall–Kier alpha value is -0.540. The van der Waals surface area contributed by atoms with Gasteiger partial charge in [0.1, 0.15) is 5.75 Å². The van der Waals surface area contributed by atoms with Crippen molar-refractivity contribution in [2.75, 3.05) is 13.7 Å². The molecule has 1 aromatic rings. The summed E-state index contributed by atoms with van der Waals surface area (Å²) in [7, 11) is 1.67. The minimum Gasteiger partial charge on any atom is -0.496 e. The Morgan fingerprint density at radius 2 is 2.25 bits per heavy atom. The first kappa shape index (κ1) is 9.55. The van der Waals surface area contributed by atoms with Crippen molar-refractivity contribution < 1.29 is 4.74 Å². The maximum absolute atomic E-state index is 5.45. The maximum Gasteiger partial charge on any atom is 0.123 e. The van der Waals surface area contributed by atoms with Crippen LogP contribution in [0.2, 0.25) is 0 Å². The lowest BCUT2D eigenvalue weighted by Crippen LogP contribution is -2.04. The van der Waals surface area contributed by atoms with Crippen LogP contribution in [-0.2, 0) is 6.42 Å². The van der Waals surface area contributed by atoms with Gasteiger partial charge in [-0.1, -0.05) is 22.0 Å². The van der Waals surface area contributed by atoms with Crippen LogP contribution in [0.3, 0.4) is 0 Å². The van der Waals surface area contributed by atoms with Gasteiger partial charge in [0.25, 0.3) is 0 Å². The molecule has 0 bridgehead atoms. The van der Waals surface area contributed by atoms with Crippen LogP contribution < -0.4 is 10.5 Å². The maximum atomic E-state index is 5.45. The molecule has 0 saturated heterocycles. The highest BCUT2D eigenvalue weighted by Crippen LogP contribution is 2.23. The smallest absolute Gasteiger partial charge is 0.123 e. The zero-order chi connectivity index (χ0) is 8.97. The van der Waals surface area contributed by atoms with E-state index in [1.807, 2.05) is 18.2 Å². The Bertz CT molecular complexity index is 263. The van der Waals surface area contributed by atoms with Crippen LogP contribution in [0.1, 0.15) is 5.56 Å². The summed E-state index contributed by atoms with van der Waals surface area (Å²) in [6.07, 6.45) is 0.858. The molecule has 0 unspecified atom stereocenters. The molecule has 12 heavy (non-hydrogen) atoms. The molecule has 2 nitrogen and oxygen atoms in total. The first-order chi connectivity index (χ1) is 5.77. The van der Waals surface area contributed by atoms with Gasteiger partial charge in [-0.2, -0.15) is 0 Å². The third kappa shape index (κ3) is 2.22. The van der Waals surface area contributed by atoms with Crippen molar-refractivity contribution >= 4 is 15.9 Å². The molecule has 0 aliphatic heterocycles. The standard InChI is InChI=1S/C9H12BrNO/c1-12-9-6-8(10)3-2-7(9)4-5-11/h2-3,6H,4-5,11H2,1H3. The summed E-state index contributed by atoms with van der Waals surface area (Å²) in [5.41, 5.74) is 6.61. The molecule has 2 N–H and O–H groups in total. The first-order valence-corrected chi connectivity index (χ1v) is 4.59. The van der Waals surface area contributed by atoms with Crippen LogP contribution in [0, 0.1) is 0 Å². The van der Waals surface area contributed by atoms with E-state index >= 15 is 0 Å². The van der Waals surface area contributed by atoms with E-state index < -0.39 is 0 Å². The molecule has 0 spiro atoms. The number of benzene rings is 1. The number of methoxy groups -OCH3 is 1. The van der Waals surface area contributed by atoms with Crippen molar-refractivity contribution in [3.05, 3.63) is 28.2 Å². The van der Waals surface area contributed by atoms with Crippen molar-refractivity contribution in [1.29, 1.82) is 0 Å². The lowest BCUT2D eigenvalue weighted by molar-refractivity contribution is 0.409. The second-order valence-corrected chi connectivity index (χ2v) is 3.41. The van der Waals surface area contributed by atoms with Crippen LogP contribution in [0.5, 0.6) is 5.75 Å². The summed E-state index contributed by atoms with van der Waals surface area (Å²) in [5.74, 6) is 0.898. The van der Waals surface area contributed by atoms with E-state index in [0.717, 1.165) is 22.2 Å². The molecule has 0 fully saturated rings. The molecule has 0 atom stereocenters. The largest absolute Gasteiger partial charge is 0.496 e. The van der Waals surface area contributed by atoms with E-state index in [-0.39, 0.29) is 0 Å². The van der Waals surface area contributed by atoms with Gasteiger partial charge in [-0.05, 0) is 30.7 Å². The molecule has 0 aliphatic rings. The lowest BCUT2D eigenvalue weighted by Gasteiger charge is -2.07. The molecule has 3 heteroatoms. The van der Waals surface area contributed by atoms with Gasteiger partial charge in [0.15, 0.2) is 0 Å². The Balaban J connectivity index is 2.94. The molecule has 0 aromatic heterocycles. The lowest BCUT2D eigenvalue weighted by atomic mass is 10.1. The summed E-state index contributed by atoms with van der Waals surface area (Å²) >= 11 is 3.38. The van der Waals surface area contributed by atoms with Crippen LogP contribution in [0.4, 0.5) is 0 Å². The summed E-state index contributed by atoms with van der Waals surface area (Å²) < 4.78 is 6.22. The van der Waals surface area contributed by atoms with Crippen molar-refractivity contribution in [3.63, 3.8) is 0 Å². The molecule has 1 rings (SSSR count). The van der Waals surface area contributed by atoms with E-state index in [2.05, 4.69) is 15.9 Å². The fraction of sp³-hybridized carbons (Fsp3) is 0.333. The minimum atomic E-state index is 0.651. The Kier molecular flexibility index (Phi) is 3.56. The zero-order valence-electron chi connectivity index (χ0n) is 7.01. The van der Waals surface area contributed by atoms with E-state index in [1.165, 1.54) is 0 Å². The second kappa shape index (κ2) is 4.48. The zero-order valence-corrected chi connectivity index (χ0v) is 8.60. The number of nitrogens with two attached hydrogens (primary N) is 1. The fourth-order valence-corrected chi connectivity index (χ4v) is 1.42. The summed E-state index contributed by atoms with van der Waals surface area (Å²) in [6.45, 7) is 0.651. The quantitative estimate of drug-likeness (QED) is 0.861. The molecule has 1 aromatic carbocycles. The molecular formula is C9H12BrNO. The number of ether oxygens (including phenoxy) is 1. The van der Waals surface area contributed by atoms with Crippen LogP contribution >= 0.6 is 15.9 Å². The average molecular weight is 230 g/mol. The molecular weight excluding hydrogens is 218 g/mol. The monoisotopic (exact) mass is 229 g/mol. The molecule has 0 radical (unpaired) electrons.